The molecule has 0 aliphatic carbocycles. The highest BCUT2D eigenvalue weighted by molar-refractivity contribution is 7.92. The van der Waals surface area contributed by atoms with Gasteiger partial charge in [-0.1, -0.05) is 0 Å². The molecule has 0 radical (unpaired) electrons. The minimum Gasteiger partial charge on any atom is -0.478 e. The average molecular weight is 372 g/mol. The number of nitrogens with one attached hydrogen (secondary N) is 1. The molecular weight excluding hydrogens is 348 g/mol. The molecule has 25 heavy (non-hydrogen) atoms. The van der Waals surface area contributed by atoms with Crippen LogP contribution in [0.5, 0.6) is 0 Å². The van der Waals surface area contributed by atoms with E-state index in [0.717, 1.165) is 10.6 Å². The number of ether oxygens (including phenoxy) is 1. The number of carboxylic acid groups (broad SMARTS) is 1. The van der Waals surface area contributed by atoms with Crippen molar-refractivity contribution >= 4 is 27.8 Å². The molecule has 0 heterocycles. The van der Waals surface area contributed by atoms with Crippen LogP contribution in [0.4, 0.5) is 10.5 Å². The smallest absolute Gasteiger partial charge is 0.407 e. The van der Waals surface area contributed by atoms with Crippen LogP contribution in [0.25, 0.3) is 0 Å². The summed E-state index contributed by atoms with van der Waals surface area (Å²) in [6, 6.07) is 4.30. The molecule has 0 spiro atoms. The lowest BCUT2D eigenvalue weighted by Crippen LogP contribution is -2.33. The van der Waals surface area contributed by atoms with Crippen molar-refractivity contribution in [1.29, 1.82) is 0 Å². The molecule has 0 fully saturated rings. The lowest BCUT2D eigenvalue weighted by atomic mass is 10.1. The fourth-order valence-corrected chi connectivity index (χ4v) is 2.43. The van der Waals surface area contributed by atoms with E-state index in [1.165, 1.54) is 19.2 Å². The third-order valence-electron chi connectivity index (χ3n) is 3.17. The van der Waals surface area contributed by atoms with E-state index < -0.39 is 27.7 Å². The van der Waals surface area contributed by atoms with Crippen LogP contribution >= 0.6 is 0 Å². The van der Waals surface area contributed by atoms with Crippen LogP contribution in [-0.2, 0) is 21.2 Å². The van der Waals surface area contributed by atoms with Crippen molar-refractivity contribution in [3.8, 4) is 0 Å². The molecule has 1 rings (SSSR count). The summed E-state index contributed by atoms with van der Waals surface area (Å²) in [6.07, 6.45) is 0.783. The number of amides is 1. The third kappa shape index (κ3) is 7.00. The van der Waals surface area contributed by atoms with Crippen LogP contribution in [0.2, 0.25) is 0 Å². The van der Waals surface area contributed by atoms with Crippen molar-refractivity contribution in [1.82, 2.24) is 5.32 Å². The molecule has 1 aromatic carbocycles. The Kier molecular flexibility index (Phi) is 6.42. The number of nitrogens with zero attached hydrogens (tertiary/aromatic N) is 1. The molecule has 0 aliphatic heterocycles. The molecular formula is C16H24N2O6S. The van der Waals surface area contributed by atoms with E-state index >= 15 is 0 Å². The average Bonchev–Trinajstić information content (AvgIpc) is 2.43. The highest BCUT2D eigenvalue weighted by Crippen LogP contribution is 2.21. The van der Waals surface area contributed by atoms with Crippen molar-refractivity contribution < 1.29 is 27.9 Å². The predicted octanol–water partition coefficient (Wildman–Crippen LogP) is 1.85. The zero-order valence-corrected chi connectivity index (χ0v) is 15.8. The number of sulfonamides is 1. The highest BCUT2D eigenvalue weighted by atomic mass is 32.2. The van der Waals surface area contributed by atoms with Crippen molar-refractivity contribution in [3.63, 3.8) is 0 Å². The van der Waals surface area contributed by atoms with E-state index in [2.05, 4.69) is 5.32 Å². The summed E-state index contributed by atoms with van der Waals surface area (Å²) in [5, 5.41) is 11.8. The van der Waals surface area contributed by atoms with E-state index in [4.69, 9.17) is 4.74 Å². The molecule has 0 saturated heterocycles. The lowest BCUT2D eigenvalue weighted by molar-refractivity contribution is 0.0527. The summed E-state index contributed by atoms with van der Waals surface area (Å²) in [5.74, 6) is -1.16. The summed E-state index contributed by atoms with van der Waals surface area (Å²) >= 11 is 0. The monoisotopic (exact) mass is 372 g/mol. The predicted molar refractivity (Wildman–Crippen MR) is 94.6 cm³/mol. The van der Waals surface area contributed by atoms with Gasteiger partial charge in [0.2, 0.25) is 10.0 Å². The largest absolute Gasteiger partial charge is 0.478 e. The Morgan fingerprint density at radius 2 is 1.84 bits per heavy atom. The molecule has 0 unspecified atom stereocenters. The van der Waals surface area contributed by atoms with Crippen molar-refractivity contribution in [2.24, 2.45) is 0 Å². The zero-order chi connectivity index (χ0) is 19.4. The van der Waals surface area contributed by atoms with Gasteiger partial charge >= 0.3 is 12.1 Å². The Labute approximate surface area is 147 Å². The van der Waals surface area contributed by atoms with Gasteiger partial charge in [0.1, 0.15) is 5.60 Å². The van der Waals surface area contributed by atoms with Crippen LogP contribution in [0, 0.1) is 0 Å². The van der Waals surface area contributed by atoms with Gasteiger partial charge in [0, 0.05) is 13.6 Å². The van der Waals surface area contributed by atoms with Gasteiger partial charge in [-0.05, 0) is 51.0 Å². The summed E-state index contributed by atoms with van der Waals surface area (Å²) in [4.78, 5) is 22.9. The number of aromatic carboxylic acids is 1. The molecule has 0 atom stereocenters. The fourth-order valence-electron chi connectivity index (χ4n) is 1.94. The quantitative estimate of drug-likeness (QED) is 0.788. The number of carboxylic acids is 1. The van der Waals surface area contributed by atoms with Crippen LogP contribution in [-0.4, -0.2) is 51.0 Å². The Hall–Kier alpha value is -2.29. The minimum absolute atomic E-state index is 0.0275. The number of rotatable bonds is 6. The van der Waals surface area contributed by atoms with E-state index in [1.54, 1.807) is 26.8 Å². The first-order valence-electron chi connectivity index (χ1n) is 7.57. The summed E-state index contributed by atoms with van der Waals surface area (Å²) in [5.41, 5.74) is 0.190. The number of benzene rings is 1. The summed E-state index contributed by atoms with van der Waals surface area (Å²) in [6.45, 7) is 5.46. The Morgan fingerprint density at radius 3 is 2.32 bits per heavy atom. The van der Waals surface area contributed by atoms with Crippen LogP contribution < -0.4 is 9.62 Å². The number of hydrogen-bond donors (Lipinski definition) is 2. The second-order valence-corrected chi connectivity index (χ2v) is 8.62. The van der Waals surface area contributed by atoms with Gasteiger partial charge in [-0.25, -0.2) is 18.0 Å². The topological polar surface area (TPSA) is 113 Å². The normalized spacial score (nSPS) is 11.7. The van der Waals surface area contributed by atoms with Gasteiger partial charge in [-0.15, -0.1) is 0 Å². The van der Waals surface area contributed by atoms with Crippen molar-refractivity contribution in [3.05, 3.63) is 29.3 Å². The fraction of sp³-hybridized carbons (Fsp3) is 0.500. The molecule has 9 heteroatoms. The number of carbonyl (C=O) groups is 2. The Balaban J connectivity index is 2.91. The Morgan fingerprint density at radius 1 is 1.24 bits per heavy atom. The number of alkyl carbamates (subject to hydrolysis) is 1. The second kappa shape index (κ2) is 7.73. The molecule has 2 N–H and O–H groups in total. The van der Waals surface area contributed by atoms with Gasteiger partial charge < -0.3 is 15.2 Å². The summed E-state index contributed by atoms with van der Waals surface area (Å²) in [7, 11) is -2.17. The van der Waals surface area contributed by atoms with Crippen LogP contribution in [0.1, 0.15) is 36.7 Å². The summed E-state index contributed by atoms with van der Waals surface area (Å²) < 4.78 is 29.4. The molecule has 0 bridgehead atoms. The minimum atomic E-state index is -3.52. The molecule has 8 nitrogen and oxygen atoms in total. The number of hydrogen-bond acceptors (Lipinski definition) is 5. The van der Waals surface area contributed by atoms with E-state index in [9.17, 15) is 23.1 Å². The molecule has 1 aromatic rings. The van der Waals surface area contributed by atoms with Gasteiger partial charge in [0.25, 0.3) is 0 Å². The lowest BCUT2D eigenvalue weighted by Gasteiger charge is -2.20. The molecule has 0 aromatic heterocycles. The van der Waals surface area contributed by atoms with Gasteiger partial charge in [-0.3, -0.25) is 4.31 Å². The van der Waals surface area contributed by atoms with Gasteiger partial charge in [0.05, 0.1) is 17.5 Å². The number of anilines is 1. The van der Waals surface area contributed by atoms with Gasteiger partial charge in [0.15, 0.2) is 0 Å². The standard InChI is InChI=1S/C16H24N2O6S/c1-16(2,3)24-15(21)17-7-6-11-8-12(14(19)20)10-13(9-11)18(4)25(5,22)23/h8-10H,6-7H2,1-5H3,(H,17,21)(H,19,20). The Bertz CT molecular complexity index is 752. The first-order valence-corrected chi connectivity index (χ1v) is 9.42. The van der Waals surface area contributed by atoms with E-state index in [1.807, 2.05) is 0 Å². The SMILES string of the molecule is CN(c1cc(CCNC(=O)OC(C)(C)C)cc(C(=O)O)c1)S(C)(=O)=O. The number of carbonyl (C=O) groups excluding carboxylic acids is 1. The van der Waals surface area contributed by atoms with Crippen LogP contribution in [0.3, 0.4) is 0 Å². The molecule has 0 saturated carbocycles. The maximum Gasteiger partial charge on any atom is 0.407 e. The van der Waals surface area contributed by atoms with Crippen LogP contribution in [0.15, 0.2) is 18.2 Å². The first kappa shape index (κ1) is 20.8. The molecule has 1 amide bonds. The maximum atomic E-state index is 11.7. The zero-order valence-electron chi connectivity index (χ0n) is 15.0. The molecule has 140 valence electrons. The maximum absolute atomic E-state index is 11.7. The highest BCUT2D eigenvalue weighted by Gasteiger charge is 2.17. The van der Waals surface area contributed by atoms with Crippen molar-refractivity contribution in [2.75, 3.05) is 24.2 Å². The molecule has 0 aliphatic rings. The van der Waals surface area contributed by atoms with E-state index in [-0.39, 0.29) is 17.8 Å². The van der Waals surface area contributed by atoms with E-state index in [0.29, 0.717) is 12.0 Å². The first-order chi connectivity index (χ1) is 11.3. The van der Waals surface area contributed by atoms with Crippen molar-refractivity contribution in [2.45, 2.75) is 32.8 Å². The second-order valence-electron chi connectivity index (χ2n) is 6.60. The third-order valence-corrected chi connectivity index (χ3v) is 4.37. The van der Waals surface area contributed by atoms with Gasteiger partial charge in [-0.2, -0.15) is 0 Å².